The van der Waals surface area contributed by atoms with Gasteiger partial charge in [-0.05, 0) is 45.1 Å². The van der Waals surface area contributed by atoms with Crippen LogP contribution in [0.4, 0.5) is 5.69 Å². The molecule has 1 aromatic carbocycles. The minimum absolute atomic E-state index is 0.492. The molecule has 1 aliphatic rings. The molecule has 0 aromatic heterocycles. The topological polar surface area (TPSA) is 30.3 Å². The van der Waals surface area contributed by atoms with Crippen molar-refractivity contribution in [3.8, 4) is 6.07 Å². The normalized spacial score (nSPS) is 17.4. The van der Waals surface area contributed by atoms with E-state index in [2.05, 4.69) is 30.0 Å². The molecule has 0 N–H and O–H groups in total. The Morgan fingerprint density at radius 1 is 1.39 bits per heavy atom. The van der Waals surface area contributed by atoms with Crippen molar-refractivity contribution in [2.24, 2.45) is 0 Å². The van der Waals surface area contributed by atoms with Gasteiger partial charge in [-0.1, -0.05) is 17.7 Å². The van der Waals surface area contributed by atoms with Crippen LogP contribution in [-0.4, -0.2) is 38.1 Å². The average Bonchev–Trinajstić information content (AvgIpc) is 2.38. The third-order valence-corrected chi connectivity index (χ3v) is 4.03. The minimum Gasteiger partial charge on any atom is -0.370 e. The van der Waals surface area contributed by atoms with Crippen LogP contribution in [0.2, 0.25) is 5.02 Å². The highest BCUT2D eigenvalue weighted by atomic mass is 35.5. The summed E-state index contributed by atoms with van der Waals surface area (Å²) in [6, 6.07) is 8.35. The van der Waals surface area contributed by atoms with Crippen LogP contribution in [0.3, 0.4) is 0 Å². The number of piperidine rings is 1. The van der Waals surface area contributed by atoms with Crippen LogP contribution in [0.1, 0.15) is 18.4 Å². The van der Waals surface area contributed by atoms with E-state index in [1.54, 1.807) is 6.07 Å². The summed E-state index contributed by atoms with van der Waals surface area (Å²) in [5.41, 5.74) is 1.53. The third-order valence-electron chi connectivity index (χ3n) is 3.72. The summed E-state index contributed by atoms with van der Waals surface area (Å²) in [7, 11) is 4.21. The van der Waals surface area contributed by atoms with Crippen molar-refractivity contribution in [1.82, 2.24) is 4.90 Å². The zero-order chi connectivity index (χ0) is 13.1. The number of likely N-dealkylation sites (tertiary alicyclic amines) is 1. The maximum absolute atomic E-state index is 9.22. The maximum atomic E-state index is 9.22. The first-order chi connectivity index (χ1) is 8.63. The number of nitrogens with zero attached hydrogens (tertiary/aromatic N) is 3. The van der Waals surface area contributed by atoms with Crippen LogP contribution >= 0.6 is 11.6 Å². The fraction of sp³-hybridized carbons (Fsp3) is 0.500. The Morgan fingerprint density at radius 3 is 2.67 bits per heavy atom. The highest BCUT2D eigenvalue weighted by Gasteiger charge is 2.22. The molecular weight excluding hydrogens is 246 g/mol. The molecule has 18 heavy (non-hydrogen) atoms. The Bertz CT molecular complexity index is 459. The Labute approximate surface area is 114 Å². The molecule has 1 aromatic rings. The van der Waals surface area contributed by atoms with E-state index in [0.29, 0.717) is 16.6 Å². The van der Waals surface area contributed by atoms with Crippen LogP contribution in [0, 0.1) is 11.3 Å². The number of benzene rings is 1. The van der Waals surface area contributed by atoms with Crippen LogP contribution in [0.15, 0.2) is 18.2 Å². The highest BCUT2D eigenvalue weighted by Crippen LogP contribution is 2.29. The van der Waals surface area contributed by atoms with Gasteiger partial charge in [0.05, 0.1) is 16.3 Å². The van der Waals surface area contributed by atoms with Crippen LogP contribution < -0.4 is 4.90 Å². The number of hydrogen-bond donors (Lipinski definition) is 0. The van der Waals surface area contributed by atoms with Gasteiger partial charge in [-0.2, -0.15) is 5.26 Å². The number of rotatable bonds is 2. The third kappa shape index (κ3) is 2.60. The van der Waals surface area contributed by atoms with E-state index in [4.69, 9.17) is 11.6 Å². The van der Waals surface area contributed by atoms with Crippen molar-refractivity contribution in [3.63, 3.8) is 0 Å². The number of anilines is 1. The van der Waals surface area contributed by atoms with Gasteiger partial charge in [-0.3, -0.25) is 0 Å². The summed E-state index contributed by atoms with van der Waals surface area (Å²) in [6.45, 7) is 2.22. The first kappa shape index (κ1) is 13.2. The summed E-state index contributed by atoms with van der Waals surface area (Å²) in [5.74, 6) is 0. The fourth-order valence-electron chi connectivity index (χ4n) is 2.50. The molecule has 0 amide bonds. The number of hydrogen-bond acceptors (Lipinski definition) is 3. The van der Waals surface area contributed by atoms with E-state index in [9.17, 15) is 5.26 Å². The van der Waals surface area contributed by atoms with Crippen LogP contribution in [0.5, 0.6) is 0 Å². The van der Waals surface area contributed by atoms with Crippen LogP contribution in [0.25, 0.3) is 0 Å². The lowest BCUT2D eigenvalue weighted by atomic mass is 10.0. The molecule has 0 aliphatic carbocycles. The first-order valence-corrected chi connectivity index (χ1v) is 6.61. The molecule has 1 aliphatic heterocycles. The largest absolute Gasteiger partial charge is 0.370 e. The van der Waals surface area contributed by atoms with Gasteiger partial charge >= 0.3 is 0 Å². The second kappa shape index (κ2) is 5.60. The molecule has 0 unspecified atom stereocenters. The van der Waals surface area contributed by atoms with E-state index in [1.165, 1.54) is 0 Å². The van der Waals surface area contributed by atoms with Gasteiger partial charge in [-0.25, -0.2) is 0 Å². The Kier molecular flexibility index (Phi) is 4.11. The molecule has 0 bridgehead atoms. The predicted molar refractivity (Wildman–Crippen MR) is 75.1 cm³/mol. The molecule has 0 radical (unpaired) electrons. The molecule has 2 rings (SSSR count). The first-order valence-electron chi connectivity index (χ1n) is 6.23. The Morgan fingerprint density at radius 2 is 2.06 bits per heavy atom. The van der Waals surface area contributed by atoms with E-state index in [-0.39, 0.29) is 0 Å². The van der Waals surface area contributed by atoms with Gasteiger partial charge in [0.2, 0.25) is 0 Å². The van der Waals surface area contributed by atoms with Crippen molar-refractivity contribution < 1.29 is 0 Å². The molecule has 0 atom stereocenters. The SMILES string of the molecule is CN1CCC(N(C)c2cccc(Cl)c2C#N)CC1. The van der Waals surface area contributed by atoms with Gasteiger partial charge in [0, 0.05) is 13.1 Å². The van der Waals surface area contributed by atoms with Gasteiger partial charge in [0.1, 0.15) is 6.07 Å². The van der Waals surface area contributed by atoms with Gasteiger partial charge < -0.3 is 9.80 Å². The van der Waals surface area contributed by atoms with Crippen molar-refractivity contribution in [2.75, 3.05) is 32.1 Å². The van der Waals surface area contributed by atoms with E-state index in [1.807, 2.05) is 12.1 Å². The fourth-order valence-corrected chi connectivity index (χ4v) is 2.71. The van der Waals surface area contributed by atoms with E-state index >= 15 is 0 Å². The number of nitriles is 1. The molecule has 1 saturated heterocycles. The highest BCUT2D eigenvalue weighted by molar-refractivity contribution is 6.32. The van der Waals surface area contributed by atoms with Crippen molar-refractivity contribution in [1.29, 1.82) is 5.26 Å². The van der Waals surface area contributed by atoms with Gasteiger partial charge in [0.15, 0.2) is 0 Å². The second-order valence-electron chi connectivity index (χ2n) is 4.89. The summed E-state index contributed by atoms with van der Waals surface area (Å²) >= 11 is 6.08. The van der Waals surface area contributed by atoms with E-state index < -0.39 is 0 Å². The zero-order valence-electron chi connectivity index (χ0n) is 10.9. The molecule has 96 valence electrons. The summed E-state index contributed by atoms with van der Waals surface area (Å²) in [6.07, 6.45) is 2.26. The molecule has 0 spiro atoms. The average molecular weight is 264 g/mol. The van der Waals surface area contributed by atoms with Crippen LogP contribution in [-0.2, 0) is 0 Å². The van der Waals surface area contributed by atoms with Crippen molar-refractivity contribution >= 4 is 17.3 Å². The standard InChI is InChI=1S/C14H18ClN3/c1-17-8-6-11(7-9-17)18(2)14-5-3-4-13(15)12(14)10-16/h3-5,11H,6-9H2,1-2H3. The molecule has 1 heterocycles. The lowest BCUT2D eigenvalue weighted by Crippen LogP contribution is -2.42. The lowest BCUT2D eigenvalue weighted by Gasteiger charge is -2.36. The molecular formula is C14H18ClN3. The smallest absolute Gasteiger partial charge is 0.103 e. The molecule has 0 saturated carbocycles. The summed E-state index contributed by atoms with van der Waals surface area (Å²) in [5, 5.41) is 9.76. The zero-order valence-corrected chi connectivity index (χ0v) is 11.6. The number of halogens is 1. The van der Waals surface area contributed by atoms with Gasteiger partial charge in [-0.15, -0.1) is 0 Å². The Balaban J connectivity index is 2.21. The van der Waals surface area contributed by atoms with Crippen molar-refractivity contribution in [3.05, 3.63) is 28.8 Å². The lowest BCUT2D eigenvalue weighted by molar-refractivity contribution is 0.253. The summed E-state index contributed by atoms with van der Waals surface area (Å²) in [4.78, 5) is 4.55. The molecule has 4 heteroatoms. The minimum atomic E-state index is 0.492. The predicted octanol–water partition coefficient (Wildman–Crippen LogP) is 2.74. The maximum Gasteiger partial charge on any atom is 0.103 e. The Hall–Kier alpha value is -1.24. The summed E-state index contributed by atoms with van der Waals surface area (Å²) < 4.78 is 0. The molecule has 3 nitrogen and oxygen atoms in total. The monoisotopic (exact) mass is 263 g/mol. The quantitative estimate of drug-likeness (QED) is 0.822. The van der Waals surface area contributed by atoms with E-state index in [0.717, 1.165) is 31.6 Å². The second-order valence-corrected chi connectivity index (χ2v) is 5.30. The van der Waals surface area contributed by atoms with Gasteiger partial charge in [0.25, 0.3) is 0 Å². The van der Waals surface area contributed by atoms with Crippen molar-refractivity contribution in [2.45, 2.75) is 18.9 Å². The molecule has 1 fully saturated rings.